The van der Waals surface area contributed by atoms with Gasteiger partial charge in [0.05, 0.1) is 25.9 Å². The maximum atomic E-state index is 9.62. The summed E-state index contributed by atoms with van der Waals surface area (Å²) in [4.78, 5) is 12.4. The van der Waals surface area contributed by atoms with Gasteiger partial charge in [-0.25, -0.2) is 14.5 Å². The van der Waals surface area contributed by atoms with E-state index >= 15 is 0 Å². The standard InChI is InChI=1S/C35H28BrClN6O2/c1-44-28-14-10-23(11-15-28)21-42(22-24-12-16-29(45-2)17-13-24)34-35-39-31(19-26-7-3-4-9-30(26)37)41-43(35)33(36)32(40-34)27-8-5-6-25(18-27)20-38/h3-18H,19,21-22H2,1-2H3. The monoisotopic (exact) mass is 678 g/mol. The molecule has 6 rings (SSSR count). The number of nitrogens with zero attached hydrogens (tertiary/aromatic N) is 6. The fourth-order valence-corrected chi connectivity index (χ4v) is 5.83. The van der Waals surface area contributed by atoms with E-state index in [-0.39, 0.29) is 0 Å². The summed E-state index contributed by atoms with van der Waals surface area (Å²) in [7, 11) is 3.31. The van der Waals surface area contributed by atoms with E-state index in [4.69, 9.17) is 36.1 Å². The Labute approximate surface area is 274 Å². The van der Waals surface area contributed by atoms with Gasteiger partial charge in [-0.2, -0.15) is 5.26 Å². The van der Waals surface area contributed by atoms with Crippen molar-refractivity contribution >= 4 is 39.0 Å². The Morgan fingerprint density at radius 1 is 0.844 bits per heavy atom. The lowest BCUT2D eigenvalue weighted by Gasteiger charge is -2.25. The molecule has 224 valence electrons. The normalized spacial score (nSPS) is 10.9. The van der Waals surface area contributed by atoms with Crippen molar-refractivity contribution in [1.29, 1.82) is 5.26 Å². The highest BCUT2D eigenvalue weighted by Gasteiger charge is 2.23. The van der Waals surface area contributed by atoms with Crippen LogP contribution in [0, 0.1) is 11.3 Å². The molecule has 0 unspecified atom stereocenters. The molecule has 2 aromatic heterocycles. The van der Waals surface area contributed by atoms with Gasteiger partial charge in [-0.05, 0) is 75.1 Å². The van der Waals surface area contributed by atoms with Gasteiger partial charge in [-0.3, -0.25) is 0 Å². The van der Waals surface area contributed by atoms with E-state index < -0.39 is 0 Å². The highest BCUT2D eigenvalue weighted by atomic mass is 79.9. The highest BCUT2D eigenvalue weighted by molar-refractivity contribution is 9.10. The van der Waals surface area contributed by atoms with Crippen LogP contribution in [0.3, 0.4) is 0 Å². The first kappa shape index (κ1) is 30.1. The Balaban J connectivity index is 1.53. The molecule has 0 N–H and O–H groups in total. The van der Waals surface area contributed by atoms with Gasteiger partial charge in [0, 0.05) is 30.1 Å². The Morgan fingerprint density at radius 2 is 1.49 bits per heavy atom. The zero-order valence-corrected chi connectivity index (χ0v) is 27.0. The number of ether oxygens (including phenoxy) is 2. The number of hydrogen-bond acceptors (Lipinski definition) is 7. The molecule has 45 heavy (non-hydrogen) atoms. The fraction of sp³-hybridized carbons (Fsp3) is 0.143. The van der Waals surface area contributed by atoms with Gasteiger partial charge in [-0.1, -0.05) is 66.2 Å². The number of halogens is 2. The summed E-state index contributed by atoms with van der Waals surface area (Å²) >= 11 is 10.3. The van der Waals surface area contributed by atoms with E-state index in [0.717, 1.165) is 33.8 Å². The summed E-state index contributed by atoms with van der Waals surface area (Å²) in [5, 5.41) is 15.2. The Morgan fingerprint density at radius 3 is 2.09 bits per heavy atom. The molecule has 0 atom stereocenters. The molecule has 0 radical (unpaired) electrons. The zero-order valence-electron chi connectivity index (χ0n) is 24.6. The Kier molecular flexibility index (Phi) is 8.96. The van der Waals surface area contributed by atoms with E-state index in [1.165, 1.54) is 0 Å². The molecule has 0 amide bonds. The lowest BCUT2D eigenvalue weighted by molar-refractivity contribution is 0.414. The third-order valence-electron chi connectivity index (χ3n) is 7.39. The molecule has 0 saturated carbocycles. The Hall–Kier alpha value is -4.91. The number of anilines is 1. The van der Waals surface area contributed by atoms with Crippen molar-refractivity contribution in [1.82, 2.24) is 19.6 Å². The van der Waals surface area contributed by atoms with E-state index in [9.17, 15) is 5.26 Å². The quantitative estimate of drug-likeness (QED) is 0.146. The van der Waals surface area contributed by atoms with Crippen LogP contribution < -0.4 is 14.4 Å². The van der Waals surface area contributed by atoms with Crippen molar-refractivity contribution in [3.05, 3.63) is 135 Å². The smallest absolute Gasteiger partial charge is 0.199 e. The molecule has 0 bridgehead atoms. The fourth-order valence-electron chi connectivity index (χ4n) is 5.07. The van der Waals surface area contributed by atoms with Gasteiger partial charge in [0.25, 0.3) is 0 Å². The van der Waals surface area contributed by atoms with Crippen molar-refractivity contribution in [2.75, 3.05) is 19.1 Å². The first-order chi connectivity index (χ1) is 21.9. The van der Waals surface area contributed by atoms with Gasteiger partial charge in [0.1, 0.15) is 21.8 Å². The zero-order chi connectivity index (χ0) is 31.3. The number of methoxy groups -OCH3 is 2. The Bertz CT molecular complexity index is 1960. The van der Waals surface area contributed by atoms with Crippen LogP contribution in [0.5, 0.6) is 11.5 Å². The van der Waals surface area contributed by atoms with E-state index in [2.05, 4.69) is 26.9 Å². The maximum Gasteiger partial charge on any atom is 0.199 e. The van der Waals surface area contributed by atoms with E-state index in [1.54, 1.807) is 24.8 Å². The van der Waals surface area contributed by atoms with Crippen LogP contribution in [-0.4, -0.2) is 33.8 Å². The summed E-state index contributed by atoms with van der Waals surface area (Å²) < 4.78 is 13.2. The van der Waals surface area contributed by atoms with Crippen molar-refractivity contribution < 1.29 is 9.47 Å². The lowest BCUT2D eigenvalue weighted by atomic mass is 10.1. The van der Waals surface area contributed by atoms with Crippen LogP contribution in [0.2, 0.25) is 5.02 Å². The summed E-state index contributed by atoms with van der Waals surface area (Å²) in [6.45, 7) is 1.06. The van der Waals surface area contributed by atoms with Crippen LogP contribution in [0.4, 0.5) is 5.82 Å². The number of hydrogen-bond donors (Lipinski definition) is 0. The third-order valence-corrected chi connectivity index (χ3v) is 8.47. The second kappa shape index (κ2) is 13.4. The topological polar surface area (TPSA) is 88.6 Å². The second-order valence-electron chi connectivity index (χ2n) is 10.4. The second-order valence-corrected chi connectivity index (χ2v) is 11.5. The molecule has 0 aliphatic rings. The van der Waals surface area contributed by atoms with Crippen LogP contribution in [0.15, 0.2) is 102 Å². The van der Waals surface area contributed by atoms with Crippen LogP contribution in [-0.2, 0) is 19.5 Å². The molecular weight excluding hydrogens is 652 g/mol. The summed E-state index contributed by atoms with van der Waals surface area (Å²) in [6, 6.07) is 33.2. The van der Waals surface area contributed by atoms with Crippen LogP contribution in [0.1, 0.15) is 28.1 Å². The van der Waals surface area contributed by atoms with Crippen molar-refractivity contribution in [3.8, 4) is 28.8 Å². The maximum absolute atomic E-state index is 9.62. The first-order valence-corrected chi connectivity index (χ1v) is 15.3. The molecule has 0 saturated heterocycles. The minimum atomic E-state index is 0.448. The van der Waals surface area contributed by atoms with E-state index in [0.29, 0.717) is 57.7 Å². The lowest BCUT2D eigenvalue weighted by Crippen LogP contribution is -2.24. The van der Waals surface area contributed by atoms with Gasteiger partial charge < -0.3 is 14.4 Å². The molecule has 4 aromatic carbocycles. The third kappa shape index (κ3) is 6.63. The summed E-state index contributed by atoms with van der Waals surface area (Å²) in [6.07, 6.45) is 0.448. The minimum Gasteiger partial charge on any atom is -0.497 e. The van der Waals surface area contributed by atoms with Crippen LogP contribution >= 0.6 is 27.5 Å². The highest BCUT2D eigenvalue weighted by Crippen LogP contribution is 2.34. The number of benzene rings is 4. The number of aromatic nitrogens is 4. The average Bonchev–Trinajstić information content (AvgIpc) is 3.51. The van der Waals surface area contributed by atoms with Crippen molar-refractivity contribution in [2.45, 2.75) is 19.5 Å². The molecule has 6 aromatic rings. The molecule has 8 nitrogen and oxygen atoms in total. The molecule has 0 fully saturated rings. The number of fused-ring (bicyclic) bond motifs is 1. The molecule has 10 heteroatoms. The molecule has 2 heterocycles. The predicted molar refractivity (Wildman–Crippen MR) is 179 cm³/mol. The number of nitriles is 1. The predicted octanol–water partition coefficient (Wildman–Crippen LogP) is 7.89. The van der Waals surface area contributed by atoms with Gasteiger partial charge in [0.15, 0.2) is 17.3 Å². The number of rotatable bonds is 10. The average molecular weight is 680 g/mol. The molecular formula is C35H28BrClN6O2. The first-order valence-electron chi connectivity index (χ1n) is 14.2. The van der Waals surface area contributed by atoms with E-state index in [1.807, 2.05) is 91.0 Å². The SMILES string of the molecule is COc1ccc(CN(Cc2ccc(OC)cc2)c2nc(-c3cccc(C#N)c3)c(Br)n3nc(Cc4ccccc4Cl)nc23)cc1. The molecule has 0 aliphatic heterocycles. The minimum absolute atomic E-state index is 0.448. The van der Waals surface area contributed by atoms with Gasteiger partial charge >= 0.3 is 0 Å². The van der Waals surface area contributed by atoms with Gasteiger partial charge in [0.2, 0.25) is 0 Å². The van der Waals surface area contributed by atoms with Crippen molar-refractivity contribution in [2.24, 2.45) is 0 Å². The van der Waals surface area contributed by atoms with Crippen molar-refractivity contribution in [3.63, 3.8) is 0 Å². The molecule has 0 spiro atoms. The summed E-state index contributed by atoms with van der Waals surface area (Å²) in [5.74, 6) is 2.81. The van der Waals surface area contributed by atoms with Gasteiger partial charge in [-0.15, -0.1) is 5.10 Å². The summed E-state index contributed by atoms with van der Waals surface area (Å²) in [5.41, 5.74) is 5.60. The van der Waals surface area contributed by atoms with Crippen LogP contribution in [0.25, 0.3) is 16.9 Å². The molecule has 0 aliphatic carbocycles. The largest absolute Gasteiger partial charge is 0.497 e.